The second kappa shape index (κ2) is 5.57. The molecule has 4 nitrogen and oxygen atoms in total. The highest BCUT2D eigenvalue weighted by Gasteiger charge is 2.45. The van der Waals surface area contributed by atoms with Gasteiger partial charge in [-0.05, 0) is 26.2 Å². The van der Waals surface area contributed by atoms with Crippen LogP contribution in [-0.2, 0) is 9.59 Å². The van der Waals surface area contributed by atoms with Gasteiger partial charge >= 0.3 is 0 Å². The Hall–Kier alpha value is -1.14. The molecule has 0 spiro atoms. The third kappa shape index (κ3) is 2.92. The fourth-order valence-electron chi connectivity index (χ4n) is 2.62. The molecule has 1 aliphatic carbocycles. The van der Waals surface area contributed by atoms with Gasteiger partial charge in [0.25, 0.3) is 5.91 Å². The zero-order valence-corrected chi connectivity index (χ0v) is 13.7. The smallest absolute Gasteiger partial charge is 0.264 e. The Kier molecular flexibility index (Phi) is 3.92. The van der Waals surface area contributed by atoms with Gasteiger partial charge in [-0.1, -0.05) is 47.8 Å². The first-order chi connectivity index (χ1) is 9.97. The lowest BCUT2D eigenvalue weighted by Gasteiger charge is -2.32. The van der Waals surface area contributed by atoms with Crippen molar-refractivity contribution in [1.82, 2.24) is 10.2 Å². The summed E-state index contributed by atoms with van der Waals surface area (Å²) in [6.07, 6.45) is 9.35. The molecule has 2 heterocycles. The Morgan fingerprint density at radius 3 is 2.81 bits per heavy atom. The predicted molar refractivity (Wildman–Crippen MR) is 87.4 cm³/mol. The molecule has 2 amide bonds. The van der Waals surface area contributed by atoms with Crippen LogP contribution in [-0.4, -0.2) is 33.9 Å². The van der Waals surface area contributed by atoms with Gasteiger partial charge in [0.05, 0.1) is 15.7 Å². The summed E-state index contributed by atoms with van der Waals surface area (Å²) in [5, 5.41) is 3.52. The van der Waals surface area contributed by atoms with E-state index in [0.29, 0.717) is 16.6 Å². The van der Waals surface area contributed by atoms with Gasteiger partial charge in [0.1, 0.15) is 4.91 Å². The molecular formula is C15H18N2O2S2. The minimum Gasteiger partial charge on any atom is -0.323 e. The number of carbonyl (C=O) groups is 2. The van der Waals surface area contributed by atoms with Crippen LogP contribution in [0, 0.1) is 5.92 Å². The third-order valence-corrected chi connectivity index (χ3v) is 6.17. The molecule has 2 aliphatic heterocycles. The van der Waals surface area contributed by atoms with Crippen molar-refractivity contribution in [3.8, 4) is 0 Å². The molecule has 3 rings (SSSR count). The first-order valence-electron chi connectivity index (χ1n) is 6.98. The second-order valence-corrected chi connectivity index (χ2v) is 8.37. The van der Waals surface area contributed by atoms with E-state index >= 15 is 0 Å². The molecule has 0 radical (unpaired) electrons. The van der Waals surface area contributed by atoms with E-state index < -0.39 is 0 Å². The maximum atomic E-state index is 12.7. The van der Waals surface area contributed by atoms with Crippen LogP contribution in [0.5, 0.6) is 0 Å². The zero-order valence-electron chi connectivity index (χ0n) is 12.1. The molecule has 2 saturated heterocycles. The van der Waals surface area contributed by atoms with Gasteiger partial charge < -0.3 is 10.2 Å². The predicted octanol–water partition coefficient (Wildman–Crippen LogP) is 2.46. The van der Waals surface area contributed by atoms with Crippen molar-refractivity contribution in [3.63, 3.8) is 0 Å². The van der Waals surface area contributed by atoms with Crippen molar-refractivity contribution in [2.45, 2.75) is 25.1 Å². The topological polar surface area (TPSA) is 49.4 Å². The molecule has 1 N–H and O–H groups in total. The van der Waals surface area contributed by atoms with Crippen LogP contribution in [0.2, 0.25) is 0 Å². The highest BCUT2D eigenvalue weighted by atomic mass is 32.2. The molecule has 0 saturated carbocycles. The maximum absolute atomic E-state index is 12.7. The average molecular weight is 322 g/mol. The fourth-order valence-corrected chi connectivity index (χ4v) is 4.78. The zero-order chi connectivity index (χ0) is 15.0. The lowest BCUT2D eigenvalue weighted by Crippen LogP contribution is -2.42. The van der Waals surface area contributed by atoms with E-state index in [0.717, 1.165) is 18.0 Å². The van der Waals surface area contributed by atoms with Crippen molar-refractivity contribution >= 4 is 35.3 Å². The number of nitrogens with one attached hydrogen (secondary N) is 1. The molecule has 21 heavy (non-hydrogen) atoms. The van der Waals surface area contributed by atoms with Gasteiger partial charge in [-0.3, -0.25) is 9.59 Å². The summed E-state index contributed by atoms with van der Waals surface area (Å²) < 4.78 is 0. The molecule has 0 aromatic rings. The van der Waals surface area contributed by atoms with E-state index in [-0.39, 0.29) is 16.7 Å². The van der Waals surface area contributed by atoms with Gasteiger partial charge in [-0.2, -0.15) is 0 Å². The van der Waals surface area contributed by atoms with E-state index in [4.69, 9.17) is 0 Å². The van der Waals surface area contributed by atoms with Gasteiger partial charge in [0.15, 0.2) is 0 Å². The molecule has 112 valence electrons. The van der Waals surface area contributed by atoms with Crippen LogP contribution in [0.4, 0.5) is 0 Å². The summed E-state index contributed by atoms with van der Waals surface area (Å²) in [6, 6.07) is 0. The Morgan fingerprint density at radius 2 is 2.19 bits per heavy atom. The lowest BCUT2D eigenvalue weighted by atomic mass is 9.99. The molecular weight excluding hydrogens is 304 g/mol. The van der Waals surface area contributed by atoms with Crippen molar-refractivity contribution in [1.29, 1.82) is 0 Å². The molecule has 1 atom stereocenters. The molecule has 0 aromatic heterocycles. The van der Waals surface area contributed by atoms with Crippen LogP contribution in [0.15, 0.2) is 34.2 Å². The quantitative estimate of drug-likeness (QED) is 0.794. The SMILES string of the molecule is CC1(C)S/C(=C2\NC(=O)CS2)C(=O)N1CC1C=CC=CC1. The Labute approximate surface area is 133 Å². The number of nitrogens with zero attached hydrogens (tertiary/aromatic N) is 1. The summed E-state index contributed by atoms with van der Waals surface area (Å²) in [7, 11) is 0. The molecule has 0 bridgehead atoms. The lowest BCUT2D eigenvalue weighted by molar-refractivity contribution is -0.128. The standard InChI is InChI=1S/C15H18N2O2S2/c1-15(2)17(8-10-6-4-3-5-7-10)14(19)12(21-15)13-16-11(18)9-20-13/h3-6,10H,7-9H2,1-2H3,(H,16,18)/b13-12+. The first-order valence-corrected chi connectivity index (χ1v) is 8.79. The van der Waals surface area contributed by atoms with Crippen molar-refractivity contribution < 1.29 is 9.59 Å². The highest BCUT2D eigenvalue weighted by molar-refractivity contribution is 8.08. The number of hydrogen-bond donors (Lipinski definition) is 1. The number of allylic oxidation sites excluding steroid dienone is 3. The van der Waals surface area contributed by atoms with Crippen LogP contribution < -0.4 is 5.32 Å². The van der Waals surface area contributed by atoms with E-state index in [2.05, 4.69) is 31.3 Å². The summed E-state index contributed by atoms with van der Waals surface area (Å²) in [6.45, 7) is 4.84. The molecule has 0 aromatic carbocycles. The fraction of sp³-hybridized carbons (Fsp3) is 0.467. The molecule has 3 aliphatic rings. The Bertz CT molecular complexity index is 578. The highest BCUT2D eigenvalue weighted by Crippen LogP contribution is 2.47. The Morgan fingerprint density at radius 1 is 1.38 bits per heavy atom. The van der Waals surface area contributed by atoms with Gasteiger partial charge in [-0.25, -0.2) is 0 Å². The third-order valence-electron chi connectivity index (χ3n) is 3.73. The molecule has 1 unspecified atom stereocenters. The van der Waals surface area contributed by atoms with E-state index in [1.165, 1.54) is 11.8 Å². The average Bonchev–Trinajstić information content (AvgIpc) is 2.97. The number of rotatable bonds is 2. The minimum absolute atomic E-state index is 0.0208. The Balaban J connectivity index is 1.81. The number of amides is 2. The summed E-state index contributed by atoms with van der Waals surface area (Å²) in [4.78, 5) is 26.4. The largest absolute Gasteiger partial charge is 0.323 e. The van der Waals surface area contributed by atoms with Gasteiger partial charge in [-0.15, -0.1) is 0 Å². The van der Waals surface area contributed by atoms with E-state index in [9.17, 15) is 9.59 Å². The monoisotopic (exact) mass is 322 g/mol. The van der Waals surface area contributed by atoms with Crippen LogP contribution in [0.3, 0.4) is 0 Å². The van der Waals surface area contributed by atoms with E-state index in [1.807, 2.05) is 17.1 Å². The van der Waals surface area contributed by atoms with Crippen LogP contribution in [0.1, 0.15) is 20.3 Å². The number of carbonyl (C=O) groups excluding carboxylic acids is 2. The van der Waals surface area contributed by atoms with E-state index in [1.54, 1.807) is 11.8 Å². The van der Waals surface area contributed by atoms with Crippen LogP contribution in [0.25, 0.3) is 0 Å². The minimum atomic E-state index is -0.276. The van der Waals surface area contributed by atoms with Gasteiger partial charge in [0.2, 0.25) is 5.91 Å². The van der Waals surface area contributed by atoms with Gasteiger partial charge in [0, 0.05) is 6.54 Å². The van der Waals surface area contributed by atoms with Crippen molar-refractivity contribution in [3.05, 3.63) is 34.2 Å². The molecule has 2 fully saturated rings. The summed E-state index contributed by atoms with van der Waals surface area (Å²) in [5.41, 5.74) is 0. The number of hydrogen-bond acceptors (Lipinski definition) is 4. The second-order valence-electron chi connectivity index (χ2n) is 5.77. The normalized spacial score (nSPS) is 31.1. The first kappa shape index (κ1) is 14.8. The number of thioether (sulfide) groups is 2. The summed E-state index contributed by atoms with van der Waals surface area (Å²) >= 11 is 2.98. The molecule has 6 heteroatoms. The summed E-state index contributed by atoms with van der Waals surface area (Å²) in [5.74, 6) is 0.794. The maximum Gasteiger partial charge on any atom is 0.264 e. The van der Waals surface area contributed by atoms with Crippen LogP contribution >= 0.6 is 23.5 Å². The van der Waals surface area contributed by atoms with Crippen molar-refractivity contribution in [2.75, 3.05) is 12.3 Å². The van der Waals surface area contributed by atoms with Crippen molar-refractivity contribution in [2.24, 2.45) is 5.92 Å².